The highest BCUT2D eigenvalue weighted by atomic mass is 32.2. The number of anilines is 1. The Morgan fingerprint density at radius 3 is 2.27 bits per heavy atom. The molecule has 0 bridgehead atoms. The lowest BCUT2D eigenvalue weighted by atomic mass is 10.2. The molecule has 0 radical (unpaired) electrons. The monoisotopic (exact) mass is 320 g/mol. The first-order chi connectivity index (χ1) is 10.6. The Morgan fingerprint density at radius 2 is 1.73 bits per heavy atom. The second-order valence-electron chi connectivity index (χ2n) is 4.87. The van der Waals surface area contributed by atoms with Gasteiger partial charge < -0.3 is 0 Å². The highest BCUT2D eigenvalue weighted by molar-refractivity contribution is 7.89. The van der Waals surface area contributed by atoms with Gasteiger partial charge in [-0.25, -0.2) is 13.4 Å². The van der Waals surface area contributed by atoms with Crippen LogP contribution in [0.15, 0.2) is 53.6 Å². The number of aromatic amines is 1. The molecule has 0 atom stereocenters. The average Bonchev–Trinajstić information content (AvgIpc) is 2.55. The van der Waals surface area contributed by atoms with Crippen molar-refractivity contribution in [3.63, 3.8) is 0 Å². The summed E-state index contributed by atoms with van der Waals surface area (Å²) in [5.74, 6) is 0.780. The Balaban J connectivity index is 2.07. The highest BCUT2D eigenvalue weighted by Gasteiger charge is 2.22. The molecule has 0 aliphatic heterocycles. The maximum atomic E-state index is 12.4. The minimum atomic E-state index is -3.41. The molecule has 2 N–H and O–H groups in total. The van der Waals surface area contributed by atoms with E-state index >= 15 is 0 Å². The van der Waals surface area contributed by atoms with Gasteiger partial charge >= 0.3 is 0 Å². The standard InChI is InChI=1S/C16H21N3O2S/c1-3-19(4-2)22(20,21)15-10-11-16(18-13-15)17-12-14-8-6-5-7-9-14/h5-11,13H,3-4,12H2,1-2H3,(H,17,18)/p+1. The van der Waals surface area contributed by atoms with Crippen molar-refractivity contribution in [1.82, 2.24) is 4.31 Å². The summed E-state index contributed by atoms with van der Waals surface area (Å²) in [7, 11) is -3.41. The summed E-state index contributed by atoms with van der Waals surface area (Å²) in [6, 6.07) is 13.4. The number of H-pyrrole nitrogens is 1. The van der Waals surface area contributed by atoms with Gasteiger partial charge in [-0.1, -0.05) is 44.2 Å². The Labute approximate surface area is 132 Å². The van der Waals surface area contributed by atoms with E-state index in [9.17, 15) is 8.42 Å². The third-order valence-electron chi connectivity index (χ3n) is 3.45. The number of aromatic nitrogens is 1. The smallest absolute Gasteiger partial charge is 0.270 e. The van der Waals surface area contributed by atoms with E-state index in [1.54, 1.807) is 12.1 Å². The van der Waals surface area contributed by atoms with Crippen LogP contribution in [-0.2, 0) is 16.6 Å². The van der Waals surface area contributed by atoms with Crippen molar-refractivity contribution < 1.29 is 13.4 Å². The molecule has 0 saturated heterocycles. The van der Waals surface area contributed by atoms with Crippen molar-refractivity contribution in [2.24, 2.45) is 0 Å². The molecule has 1 aromatic carbocycles. The van der Waals surface area contributed by atoms with Crippen LogP contribution in [0.25, 0.3) is 0 Å². The first kappa shape index (κ1) is 16.5. The van der Waals surface area contributed by atoms with Crippen LogP contribution >= 0.6 is 0 Å². The van der Waals surface area contributed by atoms with Crippen molar-refractivity contribution in [3.05, 3.63) is 54.2 Å². The summed E-state index contributed by atoms with van der Waals surface area (Å²) >= 11 is 0. The third kappa shape index (κ3) is 3.84. The van der Waals surface area contributed by atoms with Gasteiger partial charge in [-0.15, -0.1) is 0 Å². The number of nitrogens with one attached hydrogen (secondary N) is 2. The summed E-state index contributed by atoms with van der Waals surface area (Å²) in [6.07, 6.45) is 1.53. The predicted octanol–water partition coefficient (Wildman–Crippen LogP) is 2.14. The largest absolute Gasteiger partial charge is 0.272 e. The van der Waals surface area contributed by atoms with Gasteiger partial charge in [0.15, 0.2) is 0 Å². The molecule has 2 aromatic rings. The van der Waals surface area contributed by atoms with Crippen LogP contribution in [0.3, 0.4) is 0 Å². The van der Waals surface area contributed by atoms with Crippen LogP contribution in [0.5, 0.6) is 0 Å². The molecular weight excluding hydrogens is 298 g/mol. The Kier molecular flexibility index (Phi) is 5.51. The number of rotatable bonds is 7. The molecule has 0 fully saturated rings. The van der Waals surface area contributed by atoms with Crippen molar-refractivity contribution in [1.29, 1.82) is 0 Å². The fourth-order valence-electron chi connectivity index (χ4n) is 2.19. The lowest BCUT2D eigenvalue weighted by Gasteiger charge is -2.17. The molecule has 118 valence electrons. The van der Waals surface area contributed by atoms with Gasteiger partial charge in [0.05, 0.1) is 0 Å². The quantitative estimate of drug-likeness (QED) is 0.850. The zero-order valence-electron chi connectivity index (χ0n) is 12.9. The van der Waals surface area contributed by atoms with Crippen LogP contribution in [0.4, 0.5) is 5.82 Å². The second kappa shape index (κ2) is 7.38. The molecule has 1 aromatic heterocycles. The van der Waals surface area contributed by atoms with Gasteiger partial charge in [0.1, 0.15) is 17.6 Å². The van der Waals surface area contributed by atoms with Gasteiger partial charge in [0, 0.05) is 19.2 Å². The van der Waals surface area contributed by atoms with Crippen LogP contribution < -0.4 is 10.3 Å². The van der Waals surface area contributed by atoms with Crippen molar-refractivity contribution in [2.45, 2.75) is 25.3 Å². The van der Waals surface area contributed by atoms with E-state index in [-0.39, 0.29) is 4.90 Å². The van der Waals surface area contributed by atoms with E-state index in [0.717, 1.165) is 11.4 Å². The van der Waals surface area contributed by atoms with Gasteiger partial charge in [0.25, 0.3) is 5.82 Å². The van der Waals surface area contributed by atoms with Crippen LogP contribution in [-0.4, -0.2) is 25.8 Å². The minimum Gasteiger partial charge on any atom is -0.270 e. The van der Waals surface area contributed by atoms with Crippen molar-refractivity contribution in [2.75, 3.05) is 18.4 Å². The molecular formula is C16H22N3O2S+. The number of hydrogen-bond donors (Lipinski definition) is 1. The Bertz CT molecular complexity index is 681. The van der Waals surface area contributed by atoms with E-state index in [1.807, 2.05) is 44.2 Å². The van der Waals surface area contributed by atoms with Crippen LogP contribution in [0.1, 0.15) is 19.4 Å². The predicted molar refractivity (Wildman–Crippen MR) is 86.9 cm³/mol. The first-order valence-electron chi connectivity index (χ1n) is 7.37. The SMILES string of the molecule is CCN(CC)S(=O)(=O)c1ccc(NCc2ccccc2)[nH+]c1. The zero-order valence-corrected chi connectivity index (χ0v) is 13.7. The Hall–Kier alpha value is -1.92. The maximum absolute atomic E-state index is 12.4. The minimum absolute atomic E-state index is 0.279. The highest BCUT2D eigenvalue weighted by Crippen LogP contribution is 2.14. The Morgan fingerprint density at radius 1 is 1.05 bits per heavy atom. The van der Waals surface area contributed by atoms with E-state index in [2.05, 4.69) is 10.3 Å². The molecule has 0 unspecified atom stereocenters. The summed E-state index contributed by atoms with van der Waals surface area (Å²) in [6.45, 7) is 5.28. The molecule has 6 heteroatoms. The number of nitrogens with zero attached hydrogens (tertiary/aromatic N) is 1. The average molecular weight is 320 g/mol. The van der Waals surface area contributed by atoms with E-state index in [1.165, 1.54) is 10.5 Å². The summed E-state index contributed by atoms with van der Waals surface area (Å²) in [5.41, 5.74) is 1.16. The van der Waals surface area contributed by atoms with Crippen LogP contribution in [0, 0.1) is 0 Å². The first-order valence-corrected chi connectivity index (χ1v) is 8.81. The molecule has 0 aliphatic carbocycles. The maximum Gasteiger partial charge on any atom is 0.272 e. The van der Waals surface area contributed by atoms with E-state index in [4.69, 9.17) is 0 Å². The second-order valence-corrected chi connectivity index (χ2v) is 6.80. The number of sulfonamides is 1. The van der Waals surface area contributed by atoms with Gasteiger partial charge in [0.2, 0.25) is 10.0 Å². The van der Waals surface area contributed by atoms with Crippen molar-refractivity contribution in [3.8, 4) is 0 Å². The fraction of sp³-hybridized carbons (Fsp3) is 0.312. The molecule has 22 heavy (non-hydrogen) atoms. The summed E-state index contributed by atoms with van der Waals surface area (Å²) in [4.78, 5) is 3.28. The van der Waals surface area contributed by atoms with Crippen LogP contribution in [0.2, 0.25) is 0 Å². The van der Waals surface area contributed by atoms with Crippen molar-refractivity contribution >= 4 is 15.8 Å². The summed E-state index contributed by atoms with van der Waals surface area (Å²) < 4.78 is 26.2. The molecule has 0 amide bonds. The van der Waals surface area contributed by atoms with Gasteiger partial charge in [-0.3, -0.25) is 5.32 Å². The number of hydrogen-bond acceptors (Lipinski definition) is 3. The van der Waals surface area contributed by atoms with E-state index < -0.39 is 10.0 Å². The molecule has 2 rings (SSSR count). The molecule has 0 saturated carbocycles. The number of pyridine rings is 1. The molecule has 1 heterocycles. The topological polar surface area (TPSA) is 63.6 Å². The molecule has 0 aliphatic rings. The molecule has 5 nitrogen and oxygen atoms in total. The van der Waals surface area contributed by atoms with E-state index in [0.29, 0.717) is 19.6 Å². The fourth-order valence-corrected chi connectivity index (χ4v) is 3.61. The number of benzene rings is 1. The zero-order chi connectivity index (χ0) is 16.0. The summed E-state index contributed by atoms with van der Waals surface area (Å²) in [5, 5.41) is 3.23. The molecule has 0 spiro atoms. The third-order valence-corrected chi connectivity index (χ3v) is 5.50. The normalized spacial score (nSPS) is 11.6. The lowest BCUT2D eigenvalue weighted by Crippen LogP contribution is -2.31. The van der Waals surface area contributed by atoms with Gasteiger partial charge in [-0.05, 0) is 11.6 Å². The van der Waals surface area contributed by atoms with Gasteiger partial charge in [-0.2, -0.15) is 4.31 Å². The lowest BCUT2D eigenvalue weighted by molar-refractivity contribution is -0.364.